The molecular weight excluding hydrogens is 510 g/mol. The Morgan fingerprint density at radius 3 is 2.66 bits per heavy atom. The highest BCUT2D eigenvalue weighted by molar-refractivity contribution is 9.12. The summed E-state index contributed by atoms with van der Waals surface area (Å²) in [5, 5.41) is 22.3. The monoisotopic (exact) mass is 533 g/mol. The molecule has 0 amide bonds. The van der Waals surface area contributed by atoms with Gasteiger partial charge in [-0.15, -0.1) is 0 Å². The molecule has 2 aromatic heterocycles. The maximum atomic E-state index is 12.7. The van der Waals surface area contributed by atoms with Gasteiger partial charge in [0.25, 0.3) is 0 Å². The van der Waals surface area contributed by atoms with Crippen LogP contribution in [0.2, 0.25) is 0 Å². The Morgan fingerprint density at radius 1 is 1.23 bits per heavy atom. The fraction of sp³-hybridized carbons (Fsp3) is 0.346. The molecule has 5 rings (SSSR count). The molecule has 1 saturated carbocycles. The van der Waals surface area contributed by atoms with Gasteiger partial charge in [0.1, 0.15) is 17.4 Å². The standard InChI is InChI=1S/C26H24BrN5O3/c27-21-22(26(23(21)33)11-2-1-3-12-26)31-19(25(34)35)15-16-6-8-17(9-7-16)32-20(10-13-28)30-18-5-4-14-29-24(18)32/h4-9,14,19,31H,1-3,10-12,15H2,(H,34,35)/t19-/m0/s1. The summed E-state index contributed by atoms with van der Waals surface area (Å²) >= 11 is 3.37. The molecule has 8 nitrogen and oxygen atoms in total. The second-order valence-corrected chi connectivity index (χ2v) is 9.90. The number of rotatable bonds is 7. The van der Waals surface area contributed by atoms with Crippen LogP contribution < -0.4 is 5.32 Å². The third kappa shape index (κ3) is 4.02. The van der Waals surface area contributed by atoms with Crippen LogP contribution in [0.15, 0.2) is 52.8 Å². The van der Waals surface area contributed by atoms with Crippen molar-refractivity contribution in [2.24, 2.45) is 5.41 Å². The number of aromatic nitrogens is 3. The van der Waals surface area contributed by atoms with Crippen molar-refractivity contribution in [3.05, 3.63) is 64.2 Å². The number of carboxylic acids is 1. The van der Waals surface area contributed by atoms with E-state index >= 15 is 0 Å². The van der Waals surface area contributed by atoms with Gasteiger partial charge in [-0.05, 0) is 58.6 Å². The Hall–Kier alpha value is -3.51. The van der Waals surface area contributed by atoms with Crippen molar-refractivity contribution in [2.75, 3.05) is 0 Å². The maximum absolute atomic E-state index is 12.7. The zero-order valence-electron chi connectivity index (χ0n) is 19.0. The van der Waals surface area contributed by atoms with Gasteiger partial charge in [-0.3, -0.25) is 9.36 Å². The van der Waals surface area contributed by atoms with E-state index in [2.05, 4.69) is 37.3 Å². The Morgan fingerprint density at radius 2 is 1.97 bits per heavy atom. The fourth-order valence-corrected chi connectivity index (χ4v) is 6.10. The number of aliphatic carboxylic acids is 1. The number of nitrogens with zero attached hydrogens (tertiary/aromatic N) is 4. The molecule has 2 N–H and O–H groups in total. The molecule has 1 fully saturated rings. The first-order valence-corrected chi connectivity index (χ1v) is 12.5. The summed E-state index contributed by atoms with van der Waals surface area (Å²) in [5.41, 5.74) is 3.20. The van der Waals surface area contributed by atoms with Crippen molar-refractivity contribution >= 4 is 38.8 Å². The number of ketones is 1. The smallest absolute Gasteiger partial charge is 0.326 e. The number of pyridine rings is 1. The second kappa shape index (κ2) is 9.27. The lowest BCUT2D eigenvalue weighted by atomic mass is 9.62. The quantitative estimate of drug-likeness (QED) is 0.466. The van der Waals surface area contributed by atoms with Gasteiger partial charge in [0.05, 0.1) is 22.4 Å². The summed E-state index contributed by atoms with van der Waals surface area (Å²) in [6.07, 6.45) is 6.68. The van der Waals surface area contributed by atoms with Crippen LogP contribution in [0, 0.1) is 16.7 Å². The molecule has 0 unspecified atom stereocenters. The molecule has 35 heavy (non-hydrogen) atoms. The summed E-state index contributed by atoms with van der Waals surface area (Å²) < 4.78 is 2.33. The van der Waals surface area contributed by atoms with Gasteiger partial charge in [-0.1, -0.05) is 31.4 Å². The molecule has 0 aliphatic heterocycles. The first kappa shape index (κ1) is 23.2. The van der Waals surface area contributed by atoms with Crippen molar-refractivity contribution in [3.63, 3.8) is 0 Å². The summed E-state index contributed by atoms with van der Waals surface area (Å²) in [6, 6.07) is 12.5. The molecule has 2 aliphatic carbocycles. The van der Waals surface area contributed by atoms with Crippen molar-refractivity contribution in [1.29, 1.82) is 5.26 Å². The molecule has 1 spiro atoms. The lowest BCUT2D eigenvalue weighted by Crippen LogP contribution is -2.53. The number of hydrogen-bond donors (Lipinski definition) is 2. The van der Waals surface area contributed by atoms with Gasteiger partial charge in [-0.2, -0.15) is 5.26 Å². The zero-order valence-corrected chi connectivity index (χ0v) is 20.6. The number of Topliss-reactive ketones (excluding diaryl/α,β-unsaturated/α-hetero) is 1. The number of carbonyl (C=O) groups is 2. The lowest BCUT2D eigenvalue weighted by molar-refractivity contribution is -0.140. The minimum Gasteiger partial charge on any atom is -0.480 e. The van der Waals surface area contributed by atoms with Gasteiger partial charge < -0.3 is 10.4 Å². The van der Waals surface area contributed by atoms with E-state index in [1.54, 1.807) is 12.3 Å². The molecule has 0 bridgehead atoms. The lowest BCUT2D eigenvalue weighted by Gasteiger charge is -2.46. The van der Waals surface area contributed by atoms with Crippen LogP contribution >= 0.6 is 15.9 Å². The Kier molecular flexibility index (Phi) is 6.15. The molecule has 178 valence electrons. The van der Waals surface area contributed by atoms with Gasteiger partial charge in [0.15, 0.2) is 11.4 Å². The number of nitriles is 1. The van der Waals surface area contributed by atoms with E-state index in [1.165, 1.54) is 0 Å². The summed E-state index contributed by atoms with van der Waals surface area (Å²) in [4.78, 5) is 33.7. The Bertz CT molecular complexity index is 1380. The van der Waals surface area contributed by atoms with Crippen molar-refractivity contribution in [1.82, 2.24) is 19.9 Å². The van der Waals surface area contributed by atoms with E-state index < -0.39 is 17.4 Å². The minimum atomic E-state index is -0.965. The highest BCUT2D eigenvalue weighted by Gasteiger charge is 2.53. The van der Waals surface area contributed by atoms with Crippen molar-refractivity contribution < 1.29 is 14.7 Å². The number of fused-ring (bicyclic) bond motifs is 1. The third-order valence-corrected chi connectivity index (χ3v) is 7.77. The third-order valence-electron chi connectivity index (χ3n) is 7.01. The minimum absolute atomic E-state index is 0.0857. The Balaban J connectivity index is 1.39. The molecule has 0 radical (unpaired) electrons. The number of benzene rings is 1. The van der Waals surface area contributed by atoms with Crippen LogP contribution in [0.1, 0.15) is 43.5 Å². The molecular formula is C26H24BrN5O3. The van der Waals surface area contributed by atoms with Crippen LogP contribution in [0.5, 0.6) is 0 Å². The number of nitrogens with one attached hydrogen (secondary N) is 1. The van der Waals surface area contributed by atoms with E-state index in [1.807, 2.05) is 34.9 Å². The summed E-state index contributed by atoms with van der Waals surface area (Å²) in [7, 11) is 0. The number of imidazole rings is 1. The average molecular weight is 534 g/mol. The second-order valence-electron chi connectivity index (χ2n) is 9.11. The first-order chi connectivity index (χ1) is 16.9. The summed E-state index contributed by atoms with van der Waals surface area (Å²) in [5.74, 6) is -0.279. The predicted molar refractivity (Wildman–Crippen MR) is 133 cm³/mol. The number of carboxylic acid groups (broad SMARTS) is 1. The van der Waals surface area contributed by atoms with E-state index in [0.29, 0.717) is 21.5 Å². The molecule has 9 heteroatoms. The summed E-state index contributed by atoms with van der Waals surface area (Å²) in [6.45, 7) is 0. The van der Waals surface area contributed by atoms with E-state index in [9.17, 15) is 20.0 Å². The molecule has 0 saturated heterocycles. The maximum Gasteiger partial charge on any atom is 0.326 e. The van der Waals surface area contributed by atoms with Crippen LogP contribution in [-0.4, -0.2) is 37.4 Å². The SMILES string of the molecule is N#CCc1nc2cccnc2n1-c1ccc(C[C@H](NC2=C(Br)C(=O)C23CCCCC3)C(=O)O)cc1. The van der Waals surface area contributed by atoms with Gasteiger partial charge in [-0.25, -0.2) is 14.8 Å². The first-order valence-electron chi connectivity index (χ1n) is 11.7. The van der Waals surface area contributed by atoms with Crippen molar-refractivity contribution in [2.45, 2.75) is 51.0 Å². The van der Waals surface area contributed by atoms with Crippen LogP contribution in [0.25, 0.3) is 16.9 Å². The average Bonchev–Trinajstić information content (AvgIpc) is 3.25. The highest BCUT2D eigenvalue weighted by atomic mass is 79.9. The van der Waals surface area contributed by atoms with E-state index in [0.717, 1.165) is 49.1 Å². The topological polar surface area (TPSA) is 121 Å². The van der Waals surface area contributed by atoms with Crippen LogP contribution in [0.4, 0.5) is 0 Å². The number of allylic oxidation sites excluding steroid dienone is 2. The van der Waals surface area contributed by atoms with Crippen LogP contribution in [0.3, 0.4) is 0 Å². The van der Waals surface area contributed by atoms with E-state index in [4.69, 9.17) is 0 Å². The molecule has 1 aromatic carbocycles. The van der Waals surface area contributed by atoms with Gasteiger partial charge in [0.2, 0.25) is 0 Å². The largest absolute Gasteiger partial charge is 0.480 e. The molecule has 3 aromatic rings. The number of halogens is 1. The zero-order chi connectivity index (χ0) is 24.6. The predicted octanol–water partition coefficient (Wildman–Crippen LogP) is 4.21. The van der Waals surface area contributed by atoms with E-state index in [-0.39, 0.29) is 18.6 Å². The van der Waals surface area contributed by atoms with Crippen LogP contribution in [-0.2, 0) is 22.4 Å². The highest BCUT2D eigenvalue weighted by Crippen LogP contribution is 2.53. The van der Waals surface area contributed by atoms with Gasteiger partial charge >= 0.3 is 5.97 Å². The fourth-order valence-electron chi connectivity index (χ4n) is 5.23. The Labute approximate surface area is 210 Å². The normalized spacial score (nSPS) is 17.8. The van der Waals surface area contributed by atoms with Gasteiger partial charge in [0, 0.05) is 24.0 Å². The number of carbonyl (C=O) groups excluding carboxylic acids is 1. The molecule has 2 aliphatic rings. The van der Waals surface area contributed by atoms with Crippen molar-refractivity contribution in [3.8, 4) is 11.8 Å². The molecule has 2 heterocycles. The molecule has 1 atom stereocenters. The number of hydrogen-bond acceptors (Lipinski definition) is 6.